The zero-order valence-electron chi connectivity index (χ0n) is 14.7. The van der Waals surface area contributed by atoms with Crippen molar-refractivity contribution >= 4 is 0 Å². The maximum Gasteiger partial charge on any atom is 0.0571 e. The lowest BCUT2D eigenvalue weighted by molar-refractivity contribution is 0.0493. The van der Waals surface area contributed by atoms with Crippen LogP contribution in [0.2, 0.25) is 0 Å². The monoisotopic (exact) mass is 296 g/mol. The Balaban J connectivity index is 1.60. The van der Waals surface area contributed by atoms with Gasteiger partial charge in [0.25, 0.3) is 0 Å². The molecule has 1 aliphatic carbocycles. The topological polar surface area (TPSA) is 15.7 Å². The molecule has 1 atom stereocenters. The molecule has 1 heterocycles. The molecule has 0 aromatic rings. The lowest BCUT2D eigenvalue weighted by atomic mass is 9.84. The summed E-state index contributed by atoms with van der Waals surface area (Å²) >= 11 is 0. The van der Waals surface area contributed by atoms with E-state index < -0.39 is 0 Å². The molecule has 2 fully saturated rings. The lowest BCUT2D eigenvalue weighted by Crippen LogP contribution is -2.54. The average Bonchev–Trinajstić information content (AvgIpc) is 2.47. The second-order valence-electron chi connectivity index (χ2n) is 7.50. The average molecular weight is 296 g/mol. The number of ether oxygens (including phenoxy) is 1. The zero-order valence-corrected chi connectivity index (χ0v) is 14.7. The van der Waals surface area contributed by atoms with E-state index in [0.29, 0.717) is 12.1 Å². The number of piperazine rings is 1. The van der Waals surface area contributed by atoms with E-state index >= 15 is 0 Å². The van der Waals surface area contributed by atoms with Gasteiger partial charge in [0.05, 0.1) is 6.10 Å². The van der Waals surface area contributed by atoms with Crippen LogP contribution in [0.15, 0.2) is 0 Å². The molecule has 3 nitrogen and oxygen atoms in total. The van der Waals surface area contributed by atoms with Gasteiger partial charge >= 0.3 is 0 Å². The lowest BCUT2D eigenvalue weighted by Gasteiger charge is -2.42. The fraction of sp³-hybridized carbons (Fsp3) is 1.00. The first kappa shape index (κ1) is 17.2. The molecule has 0 aromatic carbocycles. The summed E-state index contributed by atoms with van der Waals surface area (Å²) in [5, 5.41) is 0. The molecule has 21 heavy (non-hydrogen) atoms. The van der Waals surface area contributed by atoms with Crippen LogP contribution in [-0.4, -0.2) is 61.3 Å². The van der Waals surface area contributed by atoms with Gasteiger partial charge in [-0.3, -0.25) is 4.90 Å². The SMILES string of the molecule is COC1CCC(CCCN2CCN(C(C)C)[C@H](C)C2)CC1. The number of rotatable bonds is 6. The van der Waals surface area contributed by atoms with Crippen molar-refractivity contribution in [3.63, 3.8) is 0 Å². The molecule has 2 aliphatic rings. The van der Waals surface area contributed by atoms with Crippen LogP contribution in [0.1, 0.15) is 59.3 Å². The van der Waals surface area contributed by atoms with Crippen LogP contribution in [-0.2, 0) is 4.74 Å². The van der Waals surface area contributed by atoms with E-state index in [0.717, 1.165) is 12.0 Å². The molecule has 2 rings (SSSR count). The Kier molecular flexibility index (Phi) is 6.97. The van der Waals surface area contributed by atoms with Crippen LogP contribution in [0.25, 0.3) is 0 Å². The van der Waals surface area contributed by atoms with Gasteiger partial charge in [-0.05, 0) is 71.8 Å². The highest BCUT2D eigenvalue weighted by Gasteiger charge is 2.25. The van der Waals surface area contributed by atoms with Crippen LogP contribution in [0.3, 0.4) is 0 Å². The van der Waals surface area contributed by atoms with Gasteiger partial charge in [0.2, 0.25) is 0 Å². The van der Waals surface area contributed by atoms with Crippen LogP contribution in [0, 0.1) is 5.92 Å². The van der Waals surface area contributed by atoms with Crippen LogP contribution < -0.4 is 0 Å². The van der Waals surface area contributed by atoms with Crippen LogP contribution in [0.4, 0.5) is 0 Å². The number of hydrogen-bond donors (Lipinski definition) is 0. The minimum Gasteiger partial charge on any atom is -0.381 e. The van der Waals surface area contributed by atoms with Crippen LogP contribution in [0.5, 0.6) is 0 Å². The summed E-state index contributed by atoms with van der Waals surface area (Å²) in [4.78, 5) is 5.33. The fourth-order valence-electron chi connectivity index (χ4n) is 4.28. The summed E-state index contributed by atoms with van der Waals surface area (Å²) in [6, 6.07) is 1.41. The Morgan fingerprint density at radius 2 is 1.81 bits per heavy atom. The van der Waals surface area contributed by atoms with Gasteiger partial charge in [0.15, 0.2) is 0 Å². The van der Waals surface area contributed by atoms with Gasteiger partial charge in [-0.15, -0.1) is 0 Å². The second-order valence-corrected chi connectivity index (χ2v) is 7.50. The molecule has 0 unspecified atom stereocenters. The largest absolute Gasteiger partial charge is 0.381 e. The Labute approximate surface area is 132 Å². The summed E-state index contributed by atoms with van der Waals surface area (Å²) < 4.78 is 5.47. The first-order valence-corrected chi connectivity index (χ1v) is 9.11. The van der Waals surface area contributed by atoms with Crippen molar-refractivity contribution in [1.29, 1.82) is 0 Å². The Hall–Kier alpha value is -0.120. The molecule has 1 aliphatic heterocycles. The van der Waals surface area contributed by atoms with E-state index in [1.807, 2.05) is 7.11 Å². The molecule has 1 saturated carbocycles. The number of methoxy groups -OCH3 is 1. The quantitative estimate of drug-likeness (QED) is 0.747. The van der Waals surface area contributed by atoms with Crippen molar-refractivity contribution in [2.45, 2.75) is 77.5 Å². The maximum absolute atomic E-state index is 5.47. The molecule has 124 valence electrons. The van der Waals surface area contributed by atoms with Crippen LogP contribution >= 0.6 is 0 Å². The van der Waals surface area contributed by atoms with E-state index in [1.165, 1.54) is 64.7 Å². The van der Waals surface area contributed by atoms with Crippen molar-refractivity contribution in [3.05, 3.63) is 0 Å². The van der Waals surface area contributed by atoms with E-state index in [4.69, 9.17) is 4.74 Å². The molecule has 1 saturated heterocycles. The summed E-state index contributed by atoms with van der Waals surface area (Å²) in [5.74, 6) is 0.964. The summed E-state index contributed by atoms with van der Waals surface area (Å²) in [7, 11) is 1.86. The van der Waals surface area contributed by atoms with Crippen molar-refractivity contribution in [1.82, 2.24) is 9.80 Å². The van der Waals surface area contributed by atoms with Crippen molar-refractivity contribution in [2.24, 2.45) is 5.92 Å². The van der Waals surface area contributed by atoms with Gasteiger partial charge in [0, 0.05) is 38.8 Å². The molecule has 0 radical (unpaired) electrons. The first-order chi connectivity index (χ1) is 10.1. The highest BCUT2D eigenvalue weighted by Crippen LogP contribution is 2.29. The smallest absolute Gasteiger partial charge is 0.0571 e. The molecule has 0 aromatic heterocycles. The molecular weight excluding hydrogens is 260 g/mol. The highest BCUT2D eigenvalue weighted by molar-refractivity contribution is 4.81. The minimum atomic E-state index is 0.547. The van der Waals surface area contributed by atoms with E-state index in [1.54, 1.807) is 0 Å². The predicted molar refractivity (Wildman–Crippen MR) is 89.7 cm³/mol. The van der Waals surface area contributed by atoms with Gasteiger partial charge in [-0.25, -0.2) is 0 Å². The van der Waals surface area contributed by atoms with E-state index in [-0.39, 0.29) is 0 Å². The Bertz CT molecular complexity index is 287. The first-order valence-electron chi connectivity index (χ1n) is 9.11. The van der Waals surface area contributed by atoms with Crippen molar-refractivity contribution in [3.8, 4) is 0 Å². The van der Waals surface area contributed by atoms with Gasteiger partial charge in [-0.2, -0.15) is 0 Å². The normalized spacial score (nSPS) is 32.7. The Morgan fingerprint density at radius 3 is 2.38 bits per heavy atom. The molecule has 0 spiro atoms. The van der Waals surface area contributed by atoms with Gasteiger partial charge < -0.3 is 9.64 Å². The predicted octanol–water partition coefficient (Wildman–Crippen LogP) is 3.39. The zero-order chi connectivity index (χ0) is 15.2. The third-order valence-electron chi connectivity index (χ3n) is 5.64. The summed E-state index contributed by atoms with van der Waals surface area (Å²) in [6.07, 6.45) is 8.69. The number of hydrogen-bond acceptors (Lipinski definition) is 3. The van der Waals surface area contributed by atoms with Gasteiger partial charge in [-0.1, -0.05) is 0 Å². The summed E-state index contributed by atoms with van der Waals surface area (Å²) in [6.45, 7) is 12.1. The standard InChI is InChI=1S/C18H36N2O/c1-15(2)20-13-12-19(14-16(20)3)11-5-6-17-7-9-18(21-4)10-8-17/h15-18H,5-14H2,1-4H3/t16-,17?,18?/m1/s1. The van der Waals surface area contributed by atoms with Crippen molar-refractivity contribution in [2.75, 3.05) is 33.3 Å². The second kappa shape index (κ2) is 8.50. The van der Waals surface area contributed by atoms with Gasteiger partial charge in [0.1, 0.15) is 0 Å². The van der Waals surface area contributed by atoms with Crippen molar-refractivity contribution < 1.29 is 4.74 Å². The molecule has 3 heteroatoms. The third-order valence-corrected chi connectivity index (χ3v) is 5.64. The summed E-state index contributed by atoms with van der Waals surface area (Å²) in [5.41, 5.74) is 0. The fourth-order valence-corrected chi connectivity index (χ4v) is 4.28. The Morgan fingerprint density at radius 1 is 1.10 bits per heavy atom. The molecular formula is C18H36N2O. The molecule has 0 N–H and O–H groups in total. The third kappa shape index (κ3) is 5.22. The van der Waals surface area contributed by atoms with E-state index in [2.05, 4.69) is 30.6 Å². The number of nitrogens with zero attached hydrogens (tertiary/aromatic N) is 2. The maximum atomic E-state index is 5.47. The highest BCUT2D eigenvalue weighted by atomic mass is 16.5. The minimum absolute atomic E-state index is 0.547. The molecule has 0 amide bonds. The molecule has 0 bridgehead atoms. The van der Waals surface area contributed by atoms with E-state index in [9.17, 15) is 0 Å².